The Morgan fingerprint density at radius 1 is 0.929 bits per heavy atom. The van der Waals surface area contributed by atoms with Crippen molar-refractivity contribution < 1.29 is 24.9 Å². The van der Waals surface area contributed by atoms with Crippen LogP contribution in [0.15, 0.2) is 78.4 Å². The van der Waals surface area contributed by atoms with Crippen molar-refractivity contribution in [2.24, 2.45) is 5.41 Å². The van der Waals surface area contributed by atoms with Crippen molar-refractivity contribution in [2.45, 2.75) is 51.4 Å². The molecule has 1 atom stereocenters. The lowest BCUT2D eigenvalue weighted by atomic mass is 9.79. The van der Waals surface area contributed by atoms with Gasteiger partial charge in [-0.15, -0.1) is 0 Å². The number of carboxylic acid groups (broad SMARTS) is 1. The molecule has 0 saturated carbocycles. The van der Waals surface area contributed by atoms with Crippen LogP contribution in [0.2, 0.25) is 10.0 Å². The van der Waals surface area contributed by atoms with E-state index >= 15 is 0 Å². The van der Waals surface area contributed by atoms with Gasteiger partial charge in [0.1, 0.15) is 0 Å². The first-order chi connectivity index (χ1) is 20.4. The van der Waals surface area contributed by atoms with Crippen molar-refractivity contribution in [3.63, 3.8) is 0 Å². The second kappa shape index (κ2) is 21.3. The molecule has 0 aliphatic heterocycles. The highest BCUT2D eigenvalue weighted by Gasteiger charge is 2.28. The first-order valence-corrected chi connectivity index (χ1v) is 15.4. The third kappa shape index (κ3) is 14.6. The Hall–Kier alpha value is -2.45. The third-order valence-corrected chi connectivity index (χ3v) is 7.65. The lowest BCUT2D eigenvalue weighted by Gasteiger charge is -2.32. The Kier molecular flexibility index (Phi) is 18.1. The fourth-order valence-corrected chi connectivity index (χ4v) is 5.13. The number of halogens is 2. The number of aliphatic carboxylic acids is 1. The van der Waals surface area contributed by atoms with E-state index in [9.17, 15) is 15.0 Å². The average Bonchev–Trinajstić information content (AvgIpc) is 3.00. The highest BCUT2D eigenvalue weighted by Crippen LogP contribution is 2.30. The number of rotatable bonds is 18. The quantitative estimate of drug-likeness (QED) is 0.105. The molecule has 0 radical (unpaired) electrons. The van der Waals surface area contributed by atoms with Crippen molar-refractivity contribution in [1.29, 1.82) is 0 Å². The van der Waals surface area contributed by atoms with E-state index in [1.165, 1.54) is 30.9 Å². The monoisotopic (exact) mass is 617 g/mol. The molecule has 0 spiro atoms. The van der Waals surface area contributed by atoms with Crippen LogP contribution in [-0.2, 0) is 16.0 Å². The molecule has 0 saturated heterocycles. The Bertz CT molecular complexity index is 1120. The van der Waals surface area contributed by atoms with Crippen LogP contribution in [0.25, 0.3) is 6.08 Å². The molecule has 2 aromatic rings. The van der Waals surface area contributed by atoms with Gasteiger partial charge in [-0.3, -0.25) is 0 Å². The third-order valence-electron chi connectivity index (χ3n) is 6.99. The molecular formula is C34H45Cl2NO5. The molecule has 1 unspecified atom stereocenters. The summed E-state index contributed by atoms with van der Waals surface area (Å²) in [6, 6.07) is 15.6. The number of hydrogen-bond acceptors (Lipinski definition) is 5. The van der Waals surface area contributed by atoms with Crippen molar-refractivity contribution in [1.82, 2.24) is 5.32 Å². The largest absolute Gasteiger partial charge is 0.478 e. The molecule has 8 heteroatoms. The Labute approximate surface area is 260 Å². The lowest BCUT2D eigenvalue weighted by Crippen LogP contribution is -2.37. The van der Waals surface area contributed by atoms with Crippen LogP contribution < -0.4 is 5.32 Å². The summed E-state index contributed by atoms with van der Waals surface area (Å²) in [7, 11) is 0. The van der Waals surface area contributed by atoms with E-state index in [2.05, 4.69) is 41.7 Å². The number of aliphatic hydroxyl groups excluding tert-OH is 2. The van der Waals surface area contributed by atoms with Gasteiger partial charge < -0.3 is 25.4 Å². The van der Waals surface area contributed by atoms with Crippen LogP contribution >= 0.6 is 23.2 Å². The fourth-order valence-electron chi connectivity index (χ4n) is 4.60. The normalized spacial score (nSPS) is 16.2. The van der Waals surface area contributed by atoms with Crippen molar-refractivity contribution in [2.75, 3.05) is 39.5 Å². The van der Waals surface area contributed by atoms with E-state index in [0.717, 1.165) is 70.1 Å². The lowest BCUT2D eigenvalue weighted by molar-refractivity contribution is -0.131. The molecule has 1 aliphatic carbocycles. The summed E-state index contributed by atoms with van der Waals surface area (Å²) < 4.78 is 5.75. The maximum Gasteiger partial charge on any atom is 0.328 e. The van der Waals surface area contributed by atoms with Crippen LogP contribution in [0, 0.1) is 5.41 Å². The van der Waals surface area contributed by atoms with Gasteiger partial charge in [0.05, 0.1) is 13.2 Å². The van der Waals surface area contributed by atoms with E-state index < -0.39 is 5.97 Å². The number of unbranched alkanes of at least 4 members (excludes halogenated alkanes) is 4. The van der Waals surface area contributed by atoms with Crippen molar-refractivity contribution in [3.8, 4) is 0 Å². The van der Waals surface area contributed by atoms with Crippen LogP contribution in [0.4, 0.5) is 0 Å². The van der Waals surface area contributed by atoms with Gasteiger partial charge in [-0.2, -0.15) is 0 Å². The molecule has 3 rings (SSSR count). The number of ether oxygens (including phenoxy) is 1. The van der Waals surface area contributed by atoms with Gasteiger partial charge in [0.2, 0.25) is 0 Å². The second-order valence-electron chi connectivity index (χ2n) is 10.5. The summed E-state index contributed by atoms with van der Waals surface area (Å²) in [5, 5.41) is 31.8. The Morgan fingerprint density at radius 3 is 2.29 bits per heavy atom. The summed E-state index contributed by atoms with van der Waals surface area (Å²) >= 11 is 11.6. The SMILES string of the molecule is O=C(O)C=Cc1c(Cl)cccc1Cl.OCC1=CC=CC(CO)(CNCCCCCCOCCCCc2ccccc2)C1. The first-order valence-electron chi connectivity index (χ1n) is 14.7. The van der Waals surface area contributed by atoms with E-state index in [-0.39, 0.29) is 18.6 Å². The number of aryl methyl sites for hydroxylation is 1. The Morgan fingerprint density at radius 2 is 1.62 bits per heavy atom. The number of aliphatic hydroxyl groups is 2. The molecule has 4 N–H and O–H groups in total. The first kappa shape index (κ1) is 35.7. The van der Waals surface area contributed by atoms with Crippen LogP contribution in [0.3, 0.4) is 0 Å². The van der Waals surface area contributed by atoms with E-state index in [1.807, 2.05) is 12.2 Å². The van der Waals surface area contributed by atoms with Gasteiger partial charge in [-0.05, 0) is 74.4 Å². The minimum atomic E-state index is -1.03. The average molecular weight is 619 g/mol. The molecule has 42 heavy (non-hydrogen) atoms. The van der Waals surface area contributed by atoms with Crippen LogP contribution in [0.5, 0.6) is 0 Å². The van der Waals surface area contributed by atoms with Crippen LogP contribution in [-0.4, -0.2) is 60.8 Å². The molecule has 1 aliphatic rings. The highest BCUT2D eigenvalue weighted by molar-refractivity contribution is 6.37. The fraction of sp³-hybridized carbons (Fsp3) is 0.441. The smallest absolute Gasteiger partial charge is 0.328 e. The minimum absolute atomic E-state index is 0.0706. The summed E-state index contributed by atoms with van der Waals surface area (Å²) in [6.07, 6.45) is 17.2. The van der Waals surface area contributed by atoms with Gasteiger partial charge in [0.25, 0.3) is 0 Å². The predicted octanol–water partition coefficient (Wildman–Crippen LogP) is 7.12. The summed E-state index contributed by atoms with van der Waals surface area (Å²) in [4.78, 5) is 10.2. The van der Waals surface area contributed by atoms with Gasteiger partial charge in [-0.1, -0.05) is 90.7 Å². The van der Waals surface area contributed by atoms with Gasteiger partial charge >= 0.3 is 5.97 Å². The van der Waals surface area contributed by atoms with E-state index in [0.29, 0.717) is 15.6 Å². The van der Waals surface area contributed by atoms with Gasteiger partial charge in [0, 0.05) is 46.9 Å². The van der Waals surface area contributed by atoms with Crippen LogP contribution in [0.1, 0.15) is 56.1 Å². The second-order valence-corrected chi connectivity index (χ2v) is 11.3. The summed E-state index contributed by atoms with van der Waals surface area (Å²) in [5.74, 6) is -1.03. The topological polar surface area (TPSA) is 99.0 Å². The van der Waals surface area contributed by atoms with Crippen molar-refractivity contribution in [3.05, 3.63) is 99.6 Å². The molecule has 6 nitrogen and oxygen atoms in total. The molecular weight excluding hydrogens is 573 g/mol. The van der Waals surface area contributed by atoms with Crippen molar-refractivity contribution >= 4 is 35.2 Å². The zero-order valence-electron chi connectivity index (χ0n) is 24.3. The van der Waals surface area contributed by atoms with Gasteiger partial charge in [0.15, 0.2) is 0 Å². The van der Waals surface area contributed by atoms with Gasteiger partial charge in [-0.25, -0.2) is 4.79 Å². The minimum Gasteiger partial charge on any atom is -0.478 e. The molecule has 0 fully saturated rings. The molecule has 2 aromatic carbocycles. The zero-order chi connectivity index (χ0) is 30.5. The molecule has 0 amide bonds. The number of carboxylic acids is 1. The standard InChI is InChI=1S/C25H39NO3.C9H6Cl2O2/c27-20-24-14-10-15-25(19-24,22-28)21-26-16-7-1-2-8-17-29-18-9-6-13-23-11-4-3-5-12-23;10-7-2-1-3-8(11)6(7)4-5-9(12)13/h3-5,10-12,14-15,26-28H,1-2,6-9,13,16-22H2;1-5H,(H,12,13). The number of carbonyl (C=O) groups is 1. The predicted molar refractivity (Wildman–Crippen MR) is 173 cm³/mol. The molecule has 0 bridgehead atoms. The Balaban J connectivity index is 0.000000395. The maximum atomic E-state index is 10.2. The number of benzene rings is 2. The molecule has 0 heterocycles. The molecule has 0 aromatic heterocycles. The summed E-state index contributed by atoms with van der Waals surface area (Å²) in [6.45, 7) is 3.64. The number of allylic oxidation sites excluding steroid dienone is 2. The summed E-state index contributed by atoms with van der Waals surface area (Å²) in [5.41, 5.74) is 2.66. The number of nitrogens with one attached hydrogen (secondary N) is 1. The maximum absolute atomic E-state index is 10.2. The van der Waals surface area contributed by atoms with E-state index in [1.54, 1.807) is 18.2 Å². The molecule has 230 valence electrons. The highest BCUT2D eigenvalue weighted by atomic mass is 35.5. The van der Waals surface area contributed by atoms with E-state index in [4.69, 9.17) is 33.0 Å². The zero-order valence-corrected chi connectivity index (χ0v) is 25.8. The number of hydrogen-bond donors (Lipinski definition) is 4.